The maximum absolute atomic E-state index is 11.3. The Bertz CT molecular complexity index is 1100. The highest BCUT2D eigenvalue weighted by Crippen LogP contribution is 2.28. The highest BCUT2D eigenvalue weighted by Gasteiger charge is 2.17. The van der Waals surface area contributed by atoms with Gasteiger partial charge in [-0.2, -0.15) is 0 Å². The third-order valence-corrected chi connectivity index (χ3v) is 5.22. The number of carbonyl (C=O) groups is 1. The van der Waals surface area contributed by atoms with Crippen molar-refractivity contribution >= 4 is 11.7 Å². The number of aryl methyl sites for hydroxylation is 1. The number of rotatable bonds is 11. The van der Waals surface area contributed by atoms with E-state index in [4.69, 9.17) is 14.2 Å². The molecule has 3 aromatic rings. The fraction of sp³-hybridized carbons (Fsp3) is 0.360. The zero-order valence-corrected chi connectivity index (χ0v) is 20.1. The second-order valence-electron chi connectivity index (χ2n) is 7.94. The first-order chi connectivity index (χ1) is 16.3. The summed E-state index contributed by atoms with van der Waals surface area (Å²) in [5.41, 5.74) is 2.70. The molecular weight excluding hydrogens is 436 g/mol. The molecule has 34 heavy (non-hydrogen) atoms. The van der Waals surface area contributed by atoms with Gasteiger partial charge in [0.05, 0.1) is 19.9 Å². The Morgan fingerprint density at radius 2 is 1.82 bits per heavy atom. The molecular formula is C25H32N4O5. The monoisotopic (exact) mass is 468 g/mol. The van der Waals surface area contributed by atoms with E-state index in [2.05, 4.69) is 20.6 Å². The van der Waals surface area contributed by atoms with Crippen molar-refractivity contribution in [1.82, 2.24) is 15.3 Å². The molecule has 1 heterocycles. The number of amides is 1. The number of carbonyl (C=O) groups excluding carboxylic acids is 1. The average molecular weight is 469 g/mol. The van der Waals surface area contributed by atoms with Crippen LogP contribution in [0.2, 0.25) is 0 Å². The number of ether oxygens (including phenoxy) is 3. The van der Waals surface area contributed by atoms with E-state index in [1.54, 1.807) is 21.1 Å². The SMILES string of the molecule is COc1ccc(CCNC(Oc2ccc(-c3nc(NC(C)=O)c(C)[nH]3)cc2)C(C)O)cc1OC. The molecule has 2 unspecified atom stereocenters. The zero-order valence-electron chi connectivity index (χ0n) is 20.1. The first-order valence-corrected chi connectivity index (χ1v) is 11.0. The summed E-state index contributed by atoms with van der Waals surface area (Å²) in [6.45, 7) is 5.57. The Labute approximate surface area is 199 Å². The fourth-order valence-corrected chi connectivity index (χ4v) is 3.43. The molecule has 9 heteroatoms. The summed E-state index contributed by atoms with van der Waals surface area (Å²) in [6.07, 6.45) is -0.582. The number of benzene rings is 2. The molecule has 0 radical (unpaired) electrons. The van der Waals surface area contributed by atoms with Crippen LogP contribution >= 0.6 is 0 Å². The Kier molecular flexibility index (Phi) is 8.50. The van der Waals surface area contributed by atoms with Gasteiger partial charge in [0, 0.05) is 19.0 Å². The van der Waals surface area contributed by atoms with E-state index >= 15 is 0 Å². The van der Waals surface area contributed by atoms with Gasteiger partial charge < -0.3 is 29.6 Å². The minimum Gasteiger partial charge on any atom is -0.493 e. The van der Waals surface area contributed by atoms with Crippen LogP contribution in [0.3, 0.4) is 0 Å². The number of anilines is 1. The molecule has 0 spiro atoms. The number of aliphatic hydroxyl groups is 1. The van der Waals surface area contributed by atoms with Gasteiger partial charge in [-0.3, -0.25) is 10.1 Å². The average Bonchev–Trinajstić information content (AvgIpc) is 3.17. The summed E-state index contributed by atoms with van der Waals surface area (Å²) < 4.78 is 16.6. The number of aromatic nitrogens is 2. The quantitative estimate of drug-likeness (QED) is 0.319. The third kappa shape index (κ3) is 6.49. The van der Waals surface area contributed by atoms with E-state index in [1.807, 2.05) is 49.4 Å². The van der Waals surface area contributed by atoms with E-state index in [0.29, 0.717) is 35.4 Å². The Hall–Kier alpha value is -3.56. The molecule has 1 amide bonds. The summed E-state index contributed by atoms with van der Waals surface area (Å²) in [5, 5.41) is 16.1. The van der Waals surface area contributed by atoms with Gasteiger partial charge in [-0.1, -0.05) is 6.07 Å². The highest BCUT2D eigenvalue weighted by atomic mass is 16.5. The molecule has 2 aromatic carbocycles. The molecule has 0 saturated carbocycles. The van der Waals surface area contributed by atoms with Gasteiger partial charge in [0.2, 0.25) is 5.91 Å². The molecule has 0 aliphatic rings. The number of hydrogen-bond acceptors (Lipinski definition) is 7. The molecule has 0 aliphatic heterocycles. The number of aliphatic hydroxyl groups excluding tert-OH is 1. The van der Waals surface area contributed by atoms with Crippen LogP contribution in [0.4, 0.5) is 5.82 Å². The highest BCUT2D eigenvalue weighted by molar-refractivity contribution is 5.88. The van der Waals surface area contributed by atoms with Crippen LogP contribution in [0.25, 0.3) is 11.4 Å². The van der Waals surface area contributed by atoms with Gasteiger partial charge in [0.1, 0.15) is 17.7 Å². The van der Waals surface area contributed by atoms with Gasteiger partial charge >= 0.3 is 0 Å². The van der Waals surface area contributed by atoms with Gasteiger partial charge in [-0.15, -0.1) is 0 Å². The van der Waals surface area contributed by atoms with Crippen molar-refractivity contribution in [3.63, 3.8) is 0 Å². The van der Waals surface area contributed by atoms with E-state index in [9.17, 15) is 9.90 Å². The minimum atomic E-state index is -0.724. The van der Waals surface area contributed by atoms with Crippen LogP contribution in [0, 0.1) is 6.92 Å². The van der Waals surface area contributed by atoms with E-state index < -0.39 is 12.3 Å². The second-order valence-corrected chi connectivity index (χ2v) is 7.94. The Morgan fingerprint density at radius 3 is 2.44 bits per heavy atom. The molecule has 4 N–H and O–H groups in total. The van der Waals surface area contributed by atoms with Gasteiger partial charge in [0.15, 0.2) is 23.5 Å². The van der Waals surface area contributed by atoms with Crippen LogP contribution in [0.1, 0.15) is 25.1 Å². The predicted molar refractivity (Wildman–Crippen MR) is 130 cm³/mol. The largest absolute Gasteiger partial charge is 0.493 e. The van der Waals surface area contributed by atoms with E-state index in [-0.39, 0.29) is 5.91 Å². The van der Waals surface area contributed by atoms with Crippen molar-refractivity contribution in [2.75, 3.05) is 26.1 Å². The lowest BCUT2D eigenvalue weighted by atomic mass is 10.1. The van der Waals surface area contributed by atoms with Crippen molar-refractivity contribution in [3.8, 4) is 28.6 Å². The van der Waals surface area contributed by atoms with Crippen molar-refractivity contribution in [2.24, 2.45) is 0 Å². The summed E-state index contributed by atoms with van der Waals surface area (Å²) in [5.74, 6) is 2.96. The van der Waals surface area contributed by atoms with Crippen LogP contribution in [-0.4, -0.2) is 54.1 Å². The Balaban J connectivity index is 1.60. The van der Waals surface area contributed by atoms with Gasteiger partial charge in [-0.25, -0.2) is 4.98 Å². The standard InChI is InChI=1S/C25H32N4O5/c1-15-23(28-17(3)31)29-24(27-15)19-7-9-20(10-8-19)34-25(16(2)30)26-13-12-18-6-11-21(32-4)22(14-18)33-5/h6-11,14,16,25-26,30H,12-13H2,1-5H3,(H,27,29)(H,28,31). The van der Waals surface area contributed by atoms with Crippen LogP contribution in [0.15, 0.2) is 42.5 Å². The third-order valence-electron chi connectivity index (χ3n) is 5.22. The normalized spacial score (nSPS) is 12.6. The molecule has 0 bridgehead atoms. The molecule has 0 aliphatic carbocycles. The van der Waals surface area contributed by atoms with Gasteiger partial charge in [0.25, 0.3) is 0 Å². The maximum atomic E-state index is 11.3. The number of nitrogens with zero attached hydrogens (tertiary/aromatic N) is 1. The second kappa shape index (κ2) is 11.5. The molecule has 9 nitrogen and oxygen atoms in total. The topological polar surface area (TPSA) is 118 Å². The summed E-state index contributed by atoms with van der Waals surface area (Å²) >= 11 is 0. The van der Waals surface area contributed by atoms with Gasteiger partial charge in [-0.05, 0) is 62.2 Å². The molecule has 0 saturated heterocycles. The van der Waals surface area contributed by atoms with Crippen LogP contribution in [0.5, 0.6) is 17.2 Å². The predicted octanol–water partition coefficient (Wildman–Crippen LogP) is 3.28. The van der Waals surface area contributed by atoms with Crippen molar-refractivity contribution in [2.45, 2.75) is 39.5 Å². The van der Waals surface area contributed by atoms with E-state index in [0.717, 1.165) is 23.2 Å². The summed E-state index contributed by atoms with van der Waals surface area (Å²) in [6, 6.07) is 13.2. The lowest BCUT2D eigenvalue weighted by molar-refractivity contribution is -0.114. The number of H-pyrrole nitrogens is 1. The molecule has 182 valence electrons. The first-order valence-electron chi connectivity index (χ1n) is 11.0. The number of nitrogens with one attached hydrogen (secondary N) is 3. The summed E-state index contributed by atoms with van der Waals surface area (Å²) in [4.78, 5) is 18.9. The van der Waals surface area contributed by atoms with Crippen LogP contribution < -0.4 is 24.8 Å². The minimum absolute atomic E-state index is 0.173. The number of aromatic amines is 1. The lowest BCUT2D eigenvalue weighted by Crippen LogP contribution is -2.43. The van der Waals surface area contributed by atoms with Crippen molar-refractivity contribution < 1.29 is 24.1 Å². The van der Waals surface area contributed by atoms with E-state index in [1.165, 1.54) is 6.92 Å². The smallest absolute Gasteiger partial charge is 0.222 e. The molecule has 3 rings (SSSR count). The van der Waals surface area contributed by atoms with Crippen molar-refractivity contribution in [3.05, 3.63) is 53.7 Å². The van der Waals surface area contributed by atoms with Crippen molar-refractivity contribution in [1.29, 1.82) is 0 Å². The molecule has 2 atom stereocenters. The van der Waals surface area contributed by atoms with Crippen LogP contribution in [-0.2, 0) is 11.2 Å². The lowest BCUT2D eigenvalue weighted by Gasteiger charge is -2.23. The Morgan fingerprint density at radius 1 is 1.12 bits per heavy atom. The number of imidazole rings is 1. The zero-order chi connectivity index (χ0) is 24.7. The molecule has 1 aromatic heterocycles. The number of methoxy groups -OCH3 is 2. The molecule has 0 fully saturated rings. The summed E-state index contributed by atoms with van der Waals surface area (Å²) in [7, 11) is 3.21. The number of hydrogen-bond donors (Lipinski definition) is 4. The first kappa shape index (κ1) is 25.1. The fourth-order valence-electron chi connectivity index (χ4n) is 3.43. The maximum Gasteiger partial charge on any atom is 0.222 e.